The SMILES string of the molecule is N#Cc1cc(Cl)cc(Oc2c(C(F)(F)F)nc(Cc3cnc(O)cn3)[nH]c2=O)c1. The maximum absolute atomic E-state index is 13.5. The van der Waals surface area contributed by atoms with Crippen molar-refractivity contribution in [1.29, 1.82) is 5.26 Å². The molecule has 0 aliphatic rings. The summed E-state index contributed by atoms with van der Waals surface area (Å²) in [5.74, 6) is -2.03. The Kier molecular flexibility index (Phi) is 5.38. The van der Waals surface area contributed by atoms with E-state index in [1.165, 1.54) is 6.07 Å². The van der Waals surface area contributed by atoms with E-state index in [2.05, 4.69) is 19.9 Å². The van der Waals surface area contributed by atoms with E-state index in [1.807, 2.05) is 0 Å². The van der Waals surface area contributed by atoms with E-state index in [4.69, 9.17) is 26.7 Å². The molecule has 2 N–H and O–H groups in total. The van der Waals surface area contributed by atoms with Gasteiger partial charge in [0.05, 0.1) is 29.7 Å². The molecule has 2 heterocycles. The number of hydrogen-bond acceptors (Lipinski definition) is 7. The number of halogens is 4. The standard InChI is InChI=1S/C17H9ClF3N5O3/c18-9-1-8(5-22)2-11(3-9)29-14-15(17(19,20)21)25-12(26-16(14)28)4-10-6-24-13(27)7-23-10/h1-3,6-7H,4H2,(H,24,27)(H,25,26,28). The number of aromatic amines is 1. The minimum absolute atomic E-state index is 0.0352. The summed E-state index contributed by atoms with van der Waals surface area (Å²) in [6.07, 6.45) is -3.15. The number of benzene rings is 1. The fourth-order valence-corrected chi connectivity index (χ4v) is 2.52. The van der Waals surface area contributed by atoms with Crippen LogP contribution in [0.4, 0.5) is 13.2 Å². The molecule has 0 aliphatic heterocycles. The lowest BCUT2D eigenvalue weighted by molar-refractivity contribution is -0.142. The van der Waals surface area contributed by atoms with Gasteiger partial charge in [0, 0.05) is 11.4 Å². The van der Waals surface area contributed by atoms with Crippen molar-refractivity contribution in [2.45, 2.75) is 12.6 Å². The molecule has 1 aromatic carbocycles. The van der Waals surface area contributed by atoms with Crippen LogP contribution >= 0.6 is 11.6 Å². The topological polar surface area (TPSA) is 125 Å². The van der Waals surface area contributed by atoms with Gasteiger partial charge in [-0.15, -0.1) is 0 Å². The number of H-pyrrole nitrogens is 1. The van der Waals surface area contributed by atoms with Gasteiger partial charge in [-0.25, -0.2) is 9.97 Å². The van der Waals surface area contributed by atoms with Crippen molar-refractivity contribution in [2.24, 2.45) is 0 Å². The van der Waals surface area contributed by atoms with Gasteiger partial charge in [0.15, 0.2) is 5.69 Å². The summed E-state index contributed by atoms with van der Waals surface area (Å²) in [6.45, 7) is 0. The van der Waals surface area contributed by atoms with E-state index < -0.39 is 23.2 Å². The number of rotatable bonds is 4. The number of ether oxygens (including phenoxy) is 1. The van der Waals surface area contributed by atoms with Gasteiger partial charge >= 0.3 is 6.18 Å². The Morgan fingerprint density at radius 2 is 2.00 bits per heavy atom. The van der Waals surface area contributed by atoms with Crippen LogP contribution in [0.25, 0.3) is 0 Å². The van der Waals surface area contributed by atoms with E-state index in [0.29, 0.717) is 0 Å². The van der Waals surface area contributed by atoms with Crippen LogP contribution in [0.3, 0.4) is 0 Å². The molecule has 0 amide bonds. The van der Waals surface area contributed by atoms with Gasteiger partial charge in [0.2, 0.25) is 11.6 Å². The molecule has 0 spiro atoms. The van der Waals surface area contributed by atoms with Crippen LogP contribution in [-0.4, -0.2) is 25.0 Å². The van der Waals surface area contributed by atoms with Crippen LogP contribution in [0, 0.1) is 11.3 Å². The summed E-state index contributed by atoms with van der Waals surface area (Å²) in [7, 11) is 0. The summed E-state index contributed by atoms with van der Waals surface area (Å²) in [6, 6.07) is 5.34. The van der Waals surface area contributed by atoms with Gasteiger partial charge in [0.25, 0.3) is 5.56 Å². The number of aromatic nitrogens is 4. The van der Waals surface area contributed by atoms with Gasteiger partial charge < -0.3 is 14.8 Å². The Morgan fingerprint density at radius 3 is 2.62 bits per heavy atom. The molecule has 0 unspecified atom stereocenters. The first-order valence-electron chi connectivity index (χ1n) is 7.74. The smallest absolute Gasteiger partial charge is 0.437 e. The molecular weight excluding hydrogens is 415 g/mol. The zero-order chi connectivity index (χ0) is 21.2. The maximum atomic E-state index is 13.5. The van der Waals surface area contributed by atoms with Crippen LogP contribution in [0.5, 0.6) is 17.4 Å². The number of nitrogens with one attached hydrogen (secondary N) is 1. The Hall–Kier alpha value is -3.65. The summed E-state index contributed by atoms with van der Waals surface area (Å²) in [4.78, 5) is 25.3. The van der Waals surface area contributed by atoms with Crippen molar-refractivity contribution in [3.8, 4) is 23.4 Å². The molecule has 3 rings (SSSR count). The van der Waals surface area contributed by atoms with Gasteiger partial charge in [-0.05, 0) is 18.2 Å². The summed E-state index contributed by atoms with van der Waals surface area (Å²) < 4.78 is 45.6. The Bertz CT molecular complexity index is 1160. The van der Waals surface area contributed by atoms with E-state index in [0.717, 1.165) is 24.5 Å². The third-order valence-electron chi connectivity index (χ3n) is 3.45. The highest BCUT2D eigenvalue weighted by Gasteiger charge is 2.39. The van der Waals surface area contributed by atoms with Crippen molar-refractivity contribution in [2.75, 3.05) is 0 Å². The molecule has 148 valence electrons. The highest BCUT2D eigenvalue weighted by Crippen LogP contribution is 2.35. The van der Waals surface area contributed by atoms with Crippen LogP contribution in [0.2, 0.25) is 5.02 Å². The molecule has 0 saturated heterocycles. The zero-order valence-electron chi connectivity index (χ0n) is 14.2. The van der Waals surface area contributed by atoms with Crippen LogP contribution in [-0.2, 0) is 12.6 Å². The van der Waals surface area contributed by atoms with E-state index in [9.17, 15) is 18.0 Å². The Balaban J connectivity index is 2.03. The van der Waals surface area contributed by atoms with Crippen LogP contribution < -0.4 is 10.3 Å². The van der Waals surface area contributed by atoms with Crippen molar-refractivity contribution >= 4 is 11.6 Å². The van der Waals surface area contributed by atoms with Crippen molar-refractivity contribution < 1.29 is 23.0 Å². The largest absolute Gasteiger partial charge is 0.492 e. The predicted molar refractivity (Wildman–Crippen MR) is 92.6 cm³/mol. The molecule has 29 heavy (non-hydrogen) atoms. The average molecular weight is 424 g/mol. The van der Waals surface area contributed by atoms with Gasteiger partial charge in [-0.2, -0.15) is 18.4 Å². The minimum atomic E-state index is -5.00. The summed E-state index contributed by atoms with van der Waals surface area (Å²) in [5.41, 5.74) is -2.54. The molecule has 0 fully saturated rings. The molecule has 0 atom stereocenters. The highest BCUT2D eigenvalue weighted by atomic mass is 35.5. The van der Waals surface area contributed by atoms with Crippen molar-refractivity contribution in [1.82, 2.24) is 19.9 Å². The highest BCUT2D eigenvalue weighted by molar-refractivity contribution is 6.30. The molecule has 0 aliphatic carbocycles. The number of alkyl halides is 3. The summed E-state index contributed by atoms with van der Waals surface area (Å²) in [5, 5.41) is 18.1. The van der Waals surface area contributed by atoms with Crippen molar-refractivity contribution in [3.05, 3.63) is 68.7 Å². The number of nitrogens with zero attached hydrogens (tertiary/aromatic N) is 4. The number of aromatic hydroxyl groups is 1. The second kappa shape index (κ2) is 7.76. The second-order valence-electron chi connectivity index (χ2n) is 5.62. The van der Waals surface area contributed by atoms with E-state index in [1.54, 1.807) is 6.07 Å². The number of nitriles is 1. The first-order chi connectivity index (χ1) is 13.7. The maximum Gasteiger partial charge on any atom is 0.437 e. The molecule has 12 heteroatoms. The van der Waals surface area contributed by atoms with Crippen LogP contribution in [0.1, 0.15) is 22.8 Å². The molecule has 2 aromatic heterocycles. The molecule has 0 bridgehead atoms. The second-order valence-corrected chi connectivity index (χ2v) is 6.06. The monoisotopic (exact) mass is 423 g/mol. The third kappa shape index (κ3) is 4.80. The lowest BCUT2D eigenvalue weighted by Gasteiger charge is -2.13. The van der Waals surface area contributed by atoms with Crippen molar-refractivity contribution in [3.63, 3.8) is 0 Å². The van der Waals surface area contributed by atoms with Gasteiger partial charge in [0.1, 0.15) is 11.6 Å². The number of hydrogen-bond donors (Lipinski definition) is 2. The average Bonchev–Trinajstić information content (AvgIpc) is 2.64. The predicted octanol–water partition coefficient (Wildman–Crippen LogP) is 3.19. The van der Waals surface area contributed by atoms with E-state index >= 15 is 0 Å². The fourth-order valence-electron chi connectivity index (χ4n) is 2.29. The zero-order valence-corrected chi connectivity index (χ0v) is 14.9. The van der Waals surface area contributed by atoms with E-state index in [-0.39, 0.29) is 40.2 Å². The molecule has 3 aromatic rings. The normalized spacial score (nSPS) is 11.1. The first-order valence-corrected chi connectivity index (χ1v) is 8.12. The molecule has 8 nitrogen and oxygen atoms in total. The fraction of sp³-hybridized carbons (Fsp3) is 0.118. The molecular formula is C17H9ClF3N5O3. The lowest BCUT2D eigenvalue weighted by atomic mass is 10.2. The van der Waals surface area contributed by atoms with Gasteiger partial charge in [-0.1, -0.05) is 11.6 Å². The third-order valence-corrected chi connectivity index (χ3v) is 3.67. The first kappa shape index (κ1) is 20.1. The van der Waals surface area contributed by atoms with Crippen LogP contribution in [0.15, 0.2) is 35.4 Å². The van der Waals surface area contributed by atoms with Gasteiger partial charge in [-0.3, -0.25) is 9.78 Å². The Morgan fingerprint density at radius 1 is 1.24 bits per heavy atom. The Labute approximate surface area is 165 Å². The lowest BCUT2D eigenvalue weighted by Crippen LogP contribution is -2.22. The molecule has 0 radical (unpaired) electrons. The minimum Gasteiger partial charge on any atom is -0.492 e. The summed E-state index contributed by atoms with van der Waals surface area (Å²) >= 11 is 5.81. The molecule has 0 saturated carbocycles. The quantitative estimate of drug-likeness (QED) is 0.660.